The van der Waals surface area contributed by atoms with Crippen molar-refractivity contribution < 1.29 is 23.8 Å². The van der Waals surface area contributed by atoms with E-state index >= 15 is 0 Å². The molecule has 170 valence electrons. The number of carbonyl (C=O) groups excluding carboxylic acids is 2. The molecule has 4 aromatic carbocycles. The Bertz CT molecular complexity index is 1260. The van der Waals surface area contributed by atoms with Crippen LogP contribution in [0, 0.1) is 0 Å². The number of benzene rings is 4. The van der Waals surface area contributed by atoms with Crippen molar-refractivity contribution in [2.24, 2.45) is 0 Å². The summed E-state index contributed by atoms with van der Waals surface area (Å²) in [5.74, 6) is 0.141. The van der Waals surface area contributed by atoms with Gasteiger partial charge in [-0.15, -0.1) is 0 Å². The molecule has 4 aromatic rings. The molecule has 0 saturated heterocycles. The highest BCUT2D eigenvalue weighted by Crippen LogP contribution is 2.32. The third-order valence-electron chi connectivity index (χ3n) is 5.53. The monoisotopic (exact) mass is 452 g/mol. The molecule has 0 fully saturated rings. The van der Waals surface area contributed by atoms with Gasteiger partial charge in [-0.3, -0.25) is 0 Å². The Balaban J connectivity index is 1.43. The van der Waals surface area contributed by atoms with Gasteiger partial charge in [0.15, 0.2) is 0 Å². The van der Waals surface area contributed by atoms with E-state index in [1.165, 1.54) is 17.7 Å². The van der Waals surface area contributed by atoms with Crippen LogP contribution in [0.4, 0.5) is 4.79 Å². The summed E-state index contributed by atoms with van der Waals surface area (Å²) in [6, 6.07) is 32.5. The summed E-state index contributed by atoms with van der Waals surface area (Å²) in [6.07, 6.45) is -0.949. The molecule has 0 aliphatic rings. The second-order valence-corrected chi connectivity index (χ2v) is 8.17. The fourth-order valence-corrected chi connectivity index (χ4v) is 3.54. The molecule has 0 aliphatic carbocycles. The van der Waals surface area contributed by atoms with Gasteiger partial charge < -0.3 is 14.2 Å². The van der Waals surface area contributed by atoms with Gasteiger partial charge in [-0.05, 0) is 47.5 Å². The Morgan fingerprint density at radius 3 is 1.76 bits per heavy atom. The van der Waals surface area contributed by atoms with Crippen LogP contribution in [-0.4, -0.2) is 12.1 Å². The summed E-state index contributed by atoms with van der Waals surface area (Å²) >= 11 is 0. The Morgan fingerprint density at radius 2 is 1.09 bits per heavy atom. The van der Waals surface area contributed by atoms with Gasteiger partial charge >= 0.3 is 12.1 Å². The molecule has 34 heavy (non-hydrogen) atoms. The standard InChI is InChI=1S/C29H24O5/c1-29(2,21-11-5-3-6-12-21)22-17-19-24(20-18-22)33-28(31)34-26-16-10-9-15-25(26)27(30)32-23-13-7-4-8-14-23/h3-20H,1-2H3. The van der Waals surface area contributed by atoms with Crippen LogP contribution in [0.15, 0.2) is 109 Å². The van der Waals surface area contributed by atoms with Crippen molar-refractivity contribution in [2.75, 3.05) is 0 Å². The molecule has 0 radical (unpaired) electrons. The van der Waals surface area contributed by atoms with Gasteiger partial charge in [-0.2, -0.15) is 0 Å². The molecule has 0 unspecified atom stereocenters. The highest BCUT2D eigenvalue weighted by Gasteiger charge is 2.23. The molecule has 0 bridgehead atoms. The van der Waals surface area contributed by atoms with E-state index in [2.05, 4.69) is 26.0 Å². The van der Waals surface area contributed by atoms with Crippen LogP contribution in [0.1, 0.15) is 35.3 Å². The zero-order valence-electron chi connectivity index (χ0n) is 18.9. The minimum Gasteiger partial charge on any atom is -0.423 e. The van der Waals surface area contributed by atoms with E-state index in [0.29, 0.717) is 11.5 Å². The lowest BCUT2D eigenvalue weighted by Gasteiger charge is -2.26. The van der Waals surface area contributed by atoms with Crippen LogP contribution >= 0.6 is 0 Å². The molecule has 4 rings (SSSR count). The molecule has 0 saturated carbocycles. The molecule has 5 nitrogen and oxygen atoms in total. The van der Waals surface area contributed by atoms with Crippen LogP contribution in [-0.2, 0) is 5.41 Å². The van der Waals surface area contributed by atoms with Crippen molar-refractivity contribution in [2.45, 2.75) is 19.3 Å². The summed E-state index contributed by atoms with van der Waals surface area (Å²) in [6.45, 7) is 4.27. The third-order valence-corrected chi connectivity index (χ3v) is 5.53. The van der Waals surface area contributed by atoms with E-state index in [-0.39, 0.29) is 16.7 Å². The first-order valence-corrected chi connectivity index (χ1v) is 10.9. The fraction of sp³-hybridized carbons (Fsp3) is 0.103. The Labute approximate surface area is 198 Å². The minimum absolute atomic E-state index is 0.0512. The van der Waals surface area contributed by atoms with Gasteiger partial charge in [0.25, 0.3) is 0 Å². The smallest absolute Gasteiger partial charge is 0.423 e. The molecular formula is C29H24O5. The van der Waals surface area contributed by atoms with Crippen LogP contribution in [0.25, 0.3) is 0 Å². The van der Waals surface area contributed by atoms with Crippen molar-refractivity contribution in [1.82, 2.24) is 0 Å². The van der Waals surface area contributed by atoms with Crippen LogP contribution in [0.5, 0.6) is 17.2 Å². The predicted molar refractivity (Wildman–Crippen MR) is 130 cm³/mol. The van der Waals surface area contributed by atoms with Crippen molar-refractivity contribution >= 4 is 12.1 Å². The minimum atomic E-state index is -0.949. The highest BCUT2D eigenvalue weighted by atomic mass is 16.7. The second kappa shape index (κ2) is 10.0. The lowest BCUT2D eigenvalue weighted by Crippen LogP contribution is -2.19. The normalized spacial score (nSPS) is 10.9. The first-order valence-electron chi connectivity index (χ1n) is 10.9. The lowest BCUT2D eigenvalue weighted by molar-refractivity contribution is 0.0731. The van der Waals surface area contributed by atoms with Crippen LogP contribution in [0.2, 0.25) is 0 Å². The summed E-state index contributed by atoms with van der Waals surface area (Å²) < 4.78 is 16.0. The van der Waals surface area contributed by atoms with Gasteiger partial charge in [-0.1, -0.05) is 86.6 Å². The van der Waals surface area contributed by atoms with Gasteiger partial charge in [0.05, 0.1) is 0 Å². The van der Waals surface area contributed by atoms with E-state index in [0.717, 1.165) is 5.56 Å². The highest BCUT2D eigenvalue weighted by molar-refractivity contribution is 5.94. The van der Waals surface area contributed by atoms with Crippen molar-refractivity contribution in [3.63, 3.8) is 0 Å². The zero-order valence-corrected chi connectivity index (χ0v) is 18.9. The second-order valence-electron chi connectivity index (χ2n) is 8.17. The quantitative estimate of drug-likeness (QED) is 0.183. The number of rotatable bonds is 6. The Morgan fingerprint density at radius 1 is 0.559 bits per heavy atom. The molecule has 0 spiro atoms. The fourth-order valence-electron chi connectivity index (χ4n) is 3.54. The van der Waals surface area contributed by atoms with Gasteiger partial charge in [0, 0.05) is 5.41 Å². The first-order chi connectivity index (χ1) is 16.4. The molecule has 5 heteroatoms. The van der Waals surface area contributed by atoms with E-state index in [4.69, 9.17) is 14.2 Å². The lowest BCUT2D eigenvalue weighted by atomic mass is 9.78. The first kappa shape index (κ1) is 22.8. The molecule has 0 aromatic heterocycles. The Hall–Kier alpha value is -4.38. The largest absolute Gasteiger partial charge is 0.519 e. The van der Waals surface area contributed by atoms with E-state index in [9.17, 15) is 9.59 Å². The molecule has 0 atom stereocenters. The molecular weight excluding hydrogens is 428 g/mol. The number of carbonyl (C=O) groups is 2. The number of hydrogen-bond donors (Lipinski definition) is 0. The number of esters is 1. The van der Waals surface area contributed by atoms with Gasteiger partial charge in [0.2, 0.25) is 0 Å². The maximum atomic E-state index is 12.6. The summed E-state index contributed by atoms with van der Waals surface area (Å²) in [5, 5.41) is 0. The summed E-state index contributed by atoms with van der Waals surface area (Å²) in [7, 11) is 0. The van der Waals surface area contributed by atoms with Crippen molar-refractivity contribution in [1.29, 1.82) is 0 Å². The zero-order chi connectivity index (χ0) is 24.0. The maximum absolute atomic E-state index is 12.6. The summed E-state index contributed by atoms with van der Waals surface area (Å²) in [4.78, 5) is 25.0. The Kier molecular flexibility index (Phi) is 6.74. The van der Waals surface area contributed by atoms with E-state index in [1.54, 1.807) is 48.5 Å². The molecule has 0 aliphatic heterocycles. The van der Waals surface area contributed by atoms with Crippen LogP contribution in [0.3, 0.4) is 0 Å². The topological polar surface area (TPSA) is 61.8 Å². The number of hydrogen-bond acceptors (Lipinski definition) is 5. The maximum Gasteiger partial charge on any atom is 0.519 e. The number of ether oxygens (including phenoxy) is 3. The van der Waals surface area contributed by atoms with E-state index in [1.807, 2.05) is 36.4 Å². The van der Waals surface area contributed by atoms with Gasteiger partial charge in [0.1, 0.15) is 22.8 Å². The summed E-state index contributed by atoms with van der Waals surface area (Å²) in [5.41, 5.74) is 2.16. The van der Waals surface area contributed by atoms with Gasteiger partial charge in [-0.25, -0.2) is 9.59 Å². The van der Waals surface area contributed by atoms with Crippen molar-refractivity contribution in [3.05, 3.63) is 126 Å². The van der Waals surface area contributed by atoms with E-state index < -0.39 is 12.1 Å². The molecule has 0 heterocycles. The average Bonchev–Trinajstić information content (AvgIpc) is 2.86. The average molecular weight is 453 g/mol. The molecule has 0 amide bonds. The van der Waals surface area contributed by atoms with Crippen molar-refractivity contribution in [3.8, 4) is 17.2 Å². The van der Waals surface area contributed by atoms with Crippen LogP contribution < -0.4 is 14.2 Å². The third kappa shape index (κ3) is 5.33. The number of para-hydroxylation sites is 2. The SMILES string of the molecule is CC(C)(c1ccccc1)c1ccc(OC(=O)Oc2ccccc2C(=O)Oc2ccccc2)cc1. The molecule has 0 N–H and O–H groups in total. The predicted octanol–water partition coefficient (Wildman–Crippen LogP) is 6.81.